The summed E-state index contributed by atoms with van der Waals surface area (Å²) < 4.78 is 1.77. The van der Waals surface area contributed by atoms with Gasteiger partial charge in [0.2, 0.25) is 0 Å². The Kier molecular flexibility index (Phi) is 3.77. The van der Waals surface area contributed by atoms with E-state index in [9.17, 15) is 4.79 Å². The maximum Gasteiger partial charge on any atom is 0.253 e. The topological polar surface area (TPSA) is 38.1 Å². The third kappa shape index (κ3) is 2.42. The molecule has 0 atom stereocenters. The lowest BCUT2D eigenvalue weighted by Gasteiger charge is -2.18. The van der Waals surface area contributed by atoms with Gasteiger partial charge in [0.1, 0.15) is 0 Å². The molecule has 1 amide bonds. The van der Waals surface area contributed by atoms with Crippen molar-refractivity contribution < 1.29 is 4.79 Å². The van der Waals surface area contributed by atoms with Crippen molar-refractivity contribution in [3.05, 3.63) is 48.3 Å². The summed E-state index contributed by atoms with van der Waals surface area (Å²) >= 11 is 0. The van der Waals surface area contributed by atoms with E-state index in [0.717, 1.165) is 24.3 Å². The molecule has 2 aromatic rings. The van der Waals surface area contributed by atoms with E-state index in [2.05, 4.69) is 5.10 Å². The second-order valence-corrected chi connectivity index (χ2v) is 3.97. The molecular formula is C14H17N3O. The minimum atomic E-state index is 0.0759. The Morgan fingerprint density at radius 1 is 1.22 bits per heavy atom. The fraction of sp³-hybridized carbons (Fsp3) is 0.286. The Hall–Kier alpha value is -2.10. The van der Waals surface area contributed by atoms with Gasteiger partial charge >= 0.3 is 0 Å². The van der Waals surface area contributed by atoms with Crippen molar-refractivity contribution in [3.8, 4) is 5.69 Å². The maximum absolute atomic E-state index is 12.1. The van der Waals surface area contributed by atoms with Gasteiger partial charge < -0.3 is 4.90 Å². The molecular weight excluding hydrogens is 226 g/mol. The van der Waals surface area contributed by atoms with Gasteiger partial charge in [-0.05, 0) is 44.2 Å². The van der Waals surface area contributed by atoms with E-state index in [-0.39, 0.29) is 5.91 Å². The van der Waals surface area contributed by atoms with Gasteiger partial charge in [0.05, 0.1) is 5.69 Å². The highest BCUT2D eigenvalue weighted by molar-refractivity contribution is 5.94. The van der Waals surface area contributed by atoms with Crippen LogP contribution in [-0.4, -0.2) is 33.7 Å². The fourth-order valence-electron chi connectivity index (χ4n) is 1.87. The number of rotatable bonds is 4. The molecule has 0 unspecified atom stereocenters. The Morgan fingerprint density at radius 2 is 1.89 bits per heavy atom. The molecule has 0 radical (unpaired) electrons. The molecule has 0 fully saturated rings. The maximum atomic E-state index is 12.1. The number of carbonyl (C=O) groups is 1. The zero-order valence-corrected chi connectivity index (χ0v) is 10.7. The van der Waals surface area contributed by atoms with Crippen LogP contribution in [0, 0.1) is 0 Å². The summed E-state index contributed by atoms with van der Waals surface area (Å²) in [7, 11) is 0. The highest BCUT2D eigenvalue weighted by Crippen LogP contribution is 2.10. The van der Waals surface area contributed by atoms with Gasteiger partial charge in [0, 0.05) is 31.0 Å². The van der Waals surface area contributed by atoms with Crippen LogP contribution in [-0.2, 0) is 0 Å². The van der Waals surface area contributed by atoms with E-state index in [4.69, 9.17) is 0 Å². The monoisotopic (exact) mass is 243 g/mol. The second-order valence-electron chi connectivity index (χ2n) is 3.97. The van der Waals surface area contributed by atoms with Crippen LogP contribution >= 0.6 is 0 Å². The van der Waals surface area contributed by atoms with Gasteiger partial charge in [0.25, 0.3) is 5.91 Å². The Morgan fingerprint density at radius 3 is 2.39 bits per heavy atom. The SMILES string of the molecule is CCN(CC)C(=O)c1ccc(-n2cccn2)cc1. The lowest BCUT2D eigenvalue weighted by atomic mass is 10.2. The van der Waals surface area contributed by atoms with Gasteiger partial charge in [-0.2, -0.15) is 5.10 Å². The van der Waals surface area contributed by atoms with E-state index in [1.807, 2.05) is 55.3 Å². The summed E-state index contributed by atoms with van der Waals surface area (Å²) in [5, 5.41) is 4.15. The molecule has 0 saturated heterocycles. The molecule has 2 rings (SSSR count). The zero-order chi connectivity index (χ0) is 13.0. The third-order valence-electron chi connectivity index (χ3n) is 2.93. The summed E-state index contributed by atoms with van der Waals surface area (Å²) in [5.74, 6) is 0.0759. The highest BCUT2D eigenvalue weighted by atomic mass is 16.2. The number of hydrogen-bond donors (Lipinski definition) is 0. The normalized spacial score (nSPS) is 10.3. The Labute approximate surface area is 107 Å². The number of aromatic nitrogens is 2. The van der Waals surface area contributed by atoms with Gasteiger partial charge in [-0.25, -0.2) is 4.68 Å². The first-order valence-corrected chi connectivity index (χ1v) is 6.15. The van der Waals surface area contributed by atoms with Crippen molar-refractivity contribution >= 4 is 5.91 Å². The molecule has 0 N–H and O–H groups in total. The van der Waals surface area contributed by atoms with Crippen molar-refractivity contribution in [2.75, 3.05) is 13.1 Å². The summed E-state index contributed by atoms with van der Waals surface area (Å²) in [6.07, 6.45) is 3.61. The summed E-state index contributed by atoms with van der Waals surface area (Å²) in [4.78, 5) is 13.9. The van der Waals surface area contributed by atoms with Gasteiger partial charge in [-0.1, -0.05) is 0 Å². The average Bonchev–Trinajstić information content (AvgIpc) is 2.94. The van der Waals surface area contributed by atoms with Crippen molar-refractivity contribution in [2.24, 2.45) is 0 Å². The molecule has 1 aromatic carbocycles. The van der Waals surface area contributed by atoms with Gasteiger partial charge in [0.15, 0.2) is 0 Å². The fourth-order valence-corrected chi connectivity index (χ4v) is 1.87. The van der Waals surface area contributed by atoms with Crippen molar-refractivity contribution in [2.45, 2.75) is 13.8 Å². The van der Waals surface area contributed by atoms with Crippen LogP contribution in [0.15, 0.2) is 42.7 Å². The van der Waals surface area contributed by atoms with Crippen LogP contribution in [0.1, 0.15) is 24.2 Å². The largest absolute Gasteiger partial charge is 0.339 e. The van der Waals surface area contributed by atoms with Crippen LogP contribution < -0.4 is 0 Å². The zero-order valence-electron chi connectivity index (χ0n) is 10.7. The van der Waals surface area contributed by atoms with E-state index in [1.165, 1.54) is 0 Å². The first kappa shape index (κ1) is 12.4. The first-order valence-electron chi connectivity index (χ1n) is 6.15. The smallest absolute Gasteiger partial charge is 0.253 e. The second kappa shape index (κ2) is 5.49. The molecule has 0 bridgehead atoms. The lowest BCUT2D eigenvalue weighted by Crippen LogP contribution is -2.30. The molecule has 0 saturated carbocycles. The summed E-state index contributed by atoms with van der Waals surface area (Å²) in [6, 6.07) is 9.37. The minimum absolute atomic E-state index is 0.0759. The van der Waals surface area contributed by atoms with Crippen LogP contribution in [0.3, 0.4) is 0 Å². The van der Waals surface area contributed by atoms with Crippen LogP contribution in [0.4, 0.5) is 0 Å². The molecule has 0 spiro atoms. The Balaban J connectivity index is 2.20. The highest BCUT2D eigenvalue weighted by Gasteiger charge is 2.11. The minimum Gasteiger partial charge on any atom is -0.339 e. The molecule has 4 heteroatoms. The molecule has 0 aliphatic heterocycles. The molecule has 4 nitrogen and oxygen atoms in total. The molecule has 1 aromatic heterocycles. The van der Waals surface area contributed by atoms with Crippen molar-refractivity contribution in [1.29, 1.82) is 0 Å². The number of nitrogens with zero attached hydrogens (tertiary/aromatic N) is 3. The number of benzene rings is 1. The van der Waals surface area contributed by atoms with E-state index >= 15 is 0 Å². The number of carbonyl (C=O) groups excluding carboxylic acids is 1. The average molecular weight is 243 g/mol. The third-order valence-corrected chi connectivity index (χ3v) is 2.93. The summed E-state index contributed by atoms with van der Waals surface area (Å²) in [5.41, 5.74) is 1.67. The predicted molar refractivity (Wildman–Crippen MR) is 70.8 cm³/mol. The molecule has 18 heavy (non-hydrogen) atoms. The van der Waals surface area contributed by atoms with E-state index in [1.54, 1.807) is 10.9 Å². The summed E-state index contributed by atoms with van der Waals surface area (Å²) in [6.45, 7) is 5.44. The molecule has 0 aliphatic carbocycles. The quantitative estimate of drug-likeness (QED) is 0.826. The molecule has 94 valence electrons. The lowest BCUT2D eigenvalue weighted by molar-refractivity contribution is 0.0773. The van der Waals surface area contributed by atoms with Crippen LogP contribution in [0.25, 0.3) is 5.69 Å². The predicted octanol–water partition coefficient (Wildman–Crippen LogP) is 2.35. The van der Waals surface area contributed by atoms with Gasteiger partial charge in [-0.15, -0.1) is 0 Å². The first-order chi connectivity index (χ1) is 8.76. The van der Waals surface area contributed by atoms with Crippen LogP contribution in [0.2, 0.25) is 0 Å². The standard InChI is InChI=1S/C14H17N3O/c1-3-16(4-2)14(18)12-6-8-13(9-7-12)17-11-5-10-15-17/h5-11H,3-4H2,1-2H3. The van der Waals surface area contributed by atoms with Crippen molar-refractivity contribution in [1.82, 2.24) is 14.7 Å². The molecule has 1 heterocycles. The van der Waals surface area contributed by atoms with Crippen LogP contribution in [0.5, 0.6) is 0 Å². The Bertz CT molecular complexity index is 498. The van der Waals surface area contributed by atoms with Crippen molar-refractivity contribution in [3.63, 3.8) is 0 Å². The van der Waals surface area contributed by atoms with E-state index < -0.39 is 0 Å². The van der Waals surface area contributed by atoms with Gasteiger partial charge in [-0.3, -0.25) is 4.79 Å². The molecule has 0 aliphatic rings. The number of hydrogen-bond acceptors (Lipinski definition) is 2. The number of amides is 1. The van der Waals surface area contributed by atoms with E-state index in [0.29, 0.717) is 0 Å².